The zero-order chi connectivity index (χ0) is 13.9. The summed E-state index contributed by atoms with van der Waals surface area (Å²) in [6, 6.07) is 0. The molecule has 3 aliphatic rings. The fourth-order valence-corrected chi connectivity index (χ4v) is 5.26. The van der Waals surface area contributed by atoms with Gasteiger partial charge in [0.2, 0.25) is 5.91 Å². The van der Waals surface area contributed by atoms with E-state index in [2.05, 4.69) is 14.7 Å². The fourth-order valence-electron chi connectivity index (χ4n) is 4.35. The van der Waals surface area contributed by atoms with Crippen LogP contribution in [0, 0.1) is 29.6 Å². The molecule has 3 aliphatic carbocycles. The van der Waals surface area contributed by atoms with E-state index in [9.17, 15) is 13.2 Å². The Hall–Kier alpha value is -1.50. The number of aromatic nitrogens is 2. The number of fused-ring (bicyclic) bond motifs is 5. The lowest BCUT2D eigenvalue weighted by atomic mass is 10.0. The highest BCUT2D eigenvalue weighted by atomic mass is 32.2. The van der Waals surface area contributed by atoms with Crippen LogP contribution in [0.4, 0.5) is 0 Å². The second-order valence-corrected chi connectivity index (χ2v) is 7.66. The van der Waals surface area contributed by atoms with E-state index in [0.717, 1.165) is 6.20 Å². The summed E-state index contributed by atoms with van der Waals surface area (Å²) in [6.07, 6.45) is 7.47. The summed E-state index contributed by atoms with van der Waals surface area (Å²) in [5.41, 5.74) is 0. The molecule has 0 aromatic carbocycles. The molecule has 1 heterocycles. The SMILES string of the molecule is O=C(NS(=O)(=O)c1cnccn1)C1C2C3CCC(C3)C12. The molecule has 1 amide bonds. The number of nitrogens with zero attached hydrogens (tertiary/aromatic N) is 2. The molecule has 7 heteroatoms. The third kappa shape index (κ3) is 1.69. The van der Waals surface area contributed by atoms with E-state index in [1.54, 1.807) is 0 Å². The highest BCUT2D eigenvalue weighted by Crippen LogP contribution is 2.69. The summed E-state index contributed by atoms with van der Waals surface area (Å²) in [7, 11) is -3.88. The molecule has 4 atom stereocenters. The topological polar surface area (TPSA) is 89.0 Å². The van der Waals surface area contributed by atoms with Gasteiger partial charge in [0.1, 0.15) is 0 Å². The van der Waals surface area contributed by atoms with Crippen LogP contribution in [0.3, 0.4) is 0 Å². The molecule has 3 fully saturated rings. The van der Waals surface area contributed by atoms with Crippen molar-refractivity contribution in [2.24, 2.45) is 29.6 Å². The standard InChI is InChI=1S/C13H15N3O3S/c17-13(12-10-7-1-2-8(5-7)11(10)12)16-20(18,19)9-6-14-3-4-15-9/h3-4,6-8,10-12H,1-2,5H2,(H,16,17). The van der Waals surface area contributed by atoms with Gasteiger partial charge in [-0.15, -0.1) is 0 Å². The number of rotatable bonds is 3. The fraction of sp³-hybridized carbons (Fsp3) is 0.615. The minimum atomic E-state index is -3.88. The number of sulfonamides is 1. The first-order valence-electron chi connectivity index (χ1n) is 6.90. The molecule has 1 aromatic rings. The van der Waals surface area contributed by atoms with E-state index in [4.69, 9.17) is 0 Å². The van der Waals surface area contributed by atoms with Crippen molar-refractivity contribution in [3.05, 3.63) is 18.6 Å². The lowest BCUT2D eigenvalue weighted by molar-refractivity contribution is -0.121. The molecule has 4 unspecified atom stereocenters. The molecule has 0 saturated heterocycles. The average molecular weight is 293 g/mol. The molecule has 1 aromatic heterocycles. The third-order valence-electron chi connectivity index (χ3n) is 5.09. The van der Waals surface area contributed by atoms with E-state index in [1.165, 1.54) is 31.7 Å². The van der Waals surface area contributed by atoms with Gasteiger partial charge in [0.05, 0.1) is 6.20 Å². The van der Waals surface area contributed by atoms with Crippen molar-refractivity contribution in [3.63, 3.8) is 0 Å². The molecule has 4 rings (SSSR count). The molecule has 6 nitrogen and oxygen atoms in total. The second-order valence-electron chi connectivity index (χ2n) is 6.03. The Morgan fingerprint density at radius 2 is 1.90 bits per heavy atom. The van der Waals surface area contributed by atoms with Gasteiger partial charge in [-0.3, -0.25) is 9.78 Å². The van der Waals surface area contributed by atoms with Gasteiger partial charge in [-0.1, -0.05) is 0 Å². The highest BCUT2D eigenvalue weighted by Gasteiger charge is 2.67. The van der Waals surface area contributed by atoms with Crippen LogP contribution >= 0.6 is 0 Å². The Kier molecular flexibility index (Phi) is 2.45. The van der Waals surface area contributed by atoms with Crippen molar-refractivity contribution in [1.29, 1.82) is 0 Å². The summed E-state index contributed by atoms with van der Waals surface area (Å²) in [5.74, 6) is 1.66. The van der Waals surface area contributed by atoms with Gasteiger partial charge < -0.3 is 0 Å². The lowest BCUT2D eigenvalue weighted by Crippen LogP contribution is -2.34. The van der Waals surface area contributed by atoms with Crippen molar-refractivity contribution in [2.75, 3.05) is 0 Å². The van der Waals surface area contributed by atoms with Crippen LogP contribution in [-0.4, -0.2) is 24.3 Å². The molecule has 0 aliphatic heterocycles. The van der Waals surface area contributed by atoms with E-state index >= 15 is 0 Å². The van der Waals surface area contributed by atoms with E-state index in [-0.39, 0.29) is 16.9 Å². The Balaban J connectivity index is 1.49. The Morgan fingerprint density at radius 3 is 2.50 bits per heavy atom. The Morgan fingerprint density at radius 1 is 1.20 bits per heavy atom. The molecule has 3 saturated carbocycles. The Labute approximate surface area is 117 Å². The first kappa shape index (κ1) is 12.3. The number of hydrogen-bond acceptors (Lipinski definition) is 5. The van der Waals surface area contributed by atoms with Gasteiger partial charge in [-0.2, -0.15) is 8.42 Å². The molecular weight excluding hydrogens is 278 g/mol. The zero-order valence-electron chi connectivity index (χ0n) is 10.8. The van der Waals surface area contributed by atoms with Gasteiger partial charge in [-0.05, 0) is 42.9 Å². The third-order valence-corrected chi connectivity index (χ3v) is 6.32. The molecule has 2 bridgehead atoms. The van der Waals surface area contributed by atoms with Gasteiger partial charge in [-0.25, -0.2) is 9.71 Å². The number of carbonyl (C=O) groups excluding carboxylic acids is 1. The quantitative estimate of drug-likeness (QED) is 0.880. The zero-order valence-corrected chi connectivity index (χ0v) is 11.6. The highest BCUT2D eigenvalue weighted by molar-refractivity contribution is 7.90. The number of carbonyl (C=O) groups is 1. The number of nitrogens with one attached hydrogen (secondary N) is 1. The van der Waals surface area contributed by atoms with Gasteiger partial charge in [0.15, 0.2) is 5.03 Å². The summed E-state index contributed by atoms with van der Waals surface area (Å²) in [5, 5.41) is -0.206. The monoisotopic (exact) mass is 293 g/mol. The largest absolute Gasteiger partial charge is 0.283 e. The van der Waals surface area contributed by atoms with Crippen molar-refractivity contribution < 1.29 is 13.2 Å². The van der Waals surface area contributed by atoms with Crippen molar-refractivity contribution in [3.8, 4) is 0 Å². The summed E-state index contributed by atoms with van der Waals surface area (Å²) in [4.78, 5) is 19.6. The minimum Gasteiger partial charge on any atom is -0.274 e. The molecule has 0 radical (unpaired) electrons. The first-order valence-corrected chi connectivity index (χ1v) is 8.39. The number of hydrogen-bond donors (Lipinski definition) is 1. The maximum absolute atomic E-state index is 12.2. The van der Waals surface area contributed by atoms with Crippen molar-refractivity contribution >= 4 is 15.9 Å². The minimum absolute atomic E-state index is 0.104. The van der Waals surface area contributed by atoms with Crippen molar-refractivity contribution in [2.45, 2.75) is 24.3 Å². The van der Waals surface area contributed by atoms with E-state index in [1.807, 2.05) is 0 Å². The average Bonchev–Trinajstić information content (AvgIpc) is 2.89. The van der Waals surface area contributed by atoms with Crippen LogP contribution < -0.4 is 4.72 Å². The van der Waals surface area contributed by atoms with Gasteiger partial charge in [0.25, 0.3) is 10.0 Å². The number of amides is 1. The molecular formula is C13H15N3O3S. The van der Waals surface area contributed by atoms with Crippen LogP contribution in [0.25, 0.3) is 0 Å². The smallest absolute Gasteiger partial charge is 0.274 e. The normalized spacial score (nSPS) is 37.5. The van der Waals surface area contributed by atoms with Crippen LogP contribution in [-0.2, 0) is 14.8 Å². The maximum atomic E-state index is 12.2. The molecule has 106 valence electrons. The lowest BCUT2D eigenvalue weighted by Gasteiger charge is -2.09. The molecule has 0 spiro atoms. The second kappa shape index (κ2) is 4.00. The van der Waals surface area contributed by atoms with Crippen LogP contribution in [0.15, 0.2) is 23.6 Å². The van der Waals surface area contributed by atoms with E-state index < -0.39 is 10.0 Å². The Bertz CT molecular complexity index is 645. The van der Waals surface area contributed by atoms with Crippen LogP contribution in [0.1, 0.15) is 19.3 Å². The maximum Gasteiger partial charge on any atom is 0.283 e. The summed E-state index contributed by atoms with van der Waals surface area (Å²) >= 11 is 0. The van der Waals surface area contributed by atoms with E-state index in [0.29, 0.717) is 23.7 Å². The molecule has 1 N–H and O–H groups in total. The van der Waals surface area contributed by atoms with Crippen LogP contribution in [0.5, 0.6) is 0 Å². The van der Waals surface area contributed by atoms with Gasteiger partial charge >= 0.3 is 0 Å². The summed E-state index contributed by atoms with van der Waals surface area (Å²) < 4.78 is 26.2. The first-order chi connectivity index (χ1) is 9.58. The van der Waals surface area contributed by atoms with Gasteiger partial charge in [0, 0.05) is 18.3 Å². The van der Waals surface area contributed by atoms with Crippen molar-refractivity contribution in [1.82, 2.24) is 14.7 Å². The van der Waals surface area contributed by atoms with Crippen LogP contribution in [0.2, 0.25) is 0 Å². The predicted octanol–water partition coefficient (Wildman–Crippen LogP) is 0.574. The predicted molar refractivity (Wildman–Crippen MR) is 68.7 cm³/mol. The molecule has 20 heavy (non-hydrogen) atoms. The summed E-state index contributed by atoms with van der Waals surface area (Å²) in [6.45, 7) is 0.